The first kappa shape index (κ1) is 26.9. The number of anilines is 1. The fraction of sp³-hybridized carbons (Fsp3) is 0.308. The number of aromatic nitrogens is 3. The Kier molecular flexibility index (Phi) is 8.77. The van der Waals surface area contributed by atoms with Gasteiger partial charge in [0.05, 0.1) is 24.5 Å². The third-order valence-electron chi connectivity index (χ3n) is 6.26. The Bertz CT molecular complexity index is 1310. The molecule has 2 atom stereocenters. The molecule has 38 heavy (non-hydrogen) atoms. The van der Waals surface area contributed by atoms with Gasteiger partial charge in [-0.05, 0) is 23.8 Å². The van der Waals surface area contributed by atoms with Gasteiger partial charge < -0.3 is 15.8 Å². The largest absolute Gasteiger partial charge is 0.404 e. The maximum Gasteiger partial charge on any atom is 0.320 e. The number of hydrogen-bond donors (Lipinski definition) is 3. The smallest absolute Gasteiger partial charge is 0.320 e. The number of aliphatic imine (C=N–C) groups is 1. The minimum absolute atomic E-state index is 0.0624. The maximum absolute atomic E-state index is 15.6. The molecule has 1 aliphatic heterocycles. The molecule has 12 heteroatoms. The average molecular weight is 525 g/mol. The normalized spacial score (nSPS) is 18.3. The Hall–Kier alpha value is -4.16. The number of carbonyl (C=O) groups excluding carboxylic acids is 1. The number of allylic oxidation sites excluding steroid dienone is 1. The molecule has 0 spiro atoms. The molecule has 0 aliphatic carbocycles. The Labute approximate surface area is 219 Å². The van der Waals surface area contributed by atoms with E-state index in [4.69, 9.17) is 10.5 Å². The van der Waals surface area contributed by atoms with Gasteiger partial charge in [0.25, 0.3) is 0 Å². The van der Waals surface area contributed by atoms with Gasteiger partial charge in [0.2, 0.25) is 0 Å². The van der Waals surface area contributed by atoms with Gasteiger partial charge in [0.15, 0.2) is 11.6 Å². The van der Waals surface area contributed by atoms with Crippen LogP contribution in [0.3, 0.4) is 0 Å². The average Bonchev–Trinajstić information content (AvgIpc) is 3.47. The van der Waals surface area contributed by atoms with Crippen molar-refractivity contribution in [1.29, 1.82) is 0 Å². The summed E-state index contributed by atoms with van der Waals surface area (Å²) in [5.74, 6) is -1.61. The van der Waals surface area contributed by atoms with Crippen LogP contribution in [0, 0.1) is 11.6 Å². The number of rotatable bonds is 9. The van der Waals surface area contributed by atoms with E-state index < -0.39 is 23.7 Å². The first-order chi connectivity index (χ1) is 18.4. The number of halogens is 2. The zero-order valence-corrected chi connectivity index (χ0v) is 21.1. The van der Waals surface area contributed by atoms with Crippen LogP contribution in [0.25, 0.3) is 11.3 Å². The van der Waals surface area contributed by atoms with Gasteiger partial charge in [-0.15, -0.1) is 0 Å². The van der Waals surface area contributed by atoms with Crippen molar-refractivity contribution in [1.82, 2.24) is 25.0 Å². The van der Waals surface area contributed by atoms with Crippen molar-refractivity contribution < 1.29 is 18.3 Å². The van der Waals surface area contributed by atoms with Crippen molar-refractivity contribution in [2.75, 3.05) is 45.7 Å². The lowest BCUT2D eigenvalue weighted by atomic mass is 9.96. The summed E-state index contributed by atoms with van der Waals surface area (Å²) in [7, 11) is 3.15. The Morgan fingerprint density at radius 2 is 2.05 bits per heavy atom. The van der Waals surface area contributed by atoms with Gasteiger partial charge in [-0.25, -0.2) is 18.3 Å². The first-order valence-corrected chi connectivity index (χ1v) is 12.0. The molecule has 10 nitrogen and oxygen atoms in total. The van der Waals surface area contributed by atoms with E-state index in [2.05, 4.69) is 30.6 Å². The molecule has 1 aromatic carbocycles. The number of amides is 2. The van der Waals surface area contributed by atoms with Gasteiger partial charge in [0.1, 0.15) is 11.5 Å². The highest BCUT2D eigenvalue weighted by molar-refractivity contribution is 6.09. The highest BCUT2D eigenvalue weighted by Gasteiger charge is 2.35. The Morgan fingerprint density at radius 3 is 2.74 bits per heavy atom. The lowest BCUT2D eigenvalue weighted by Gasteiger charge is -2.20. The fourth-order valence-electron chi connectivity index (χ4n) is 4.48. The quantitative estimate of drug-likeness (QED) is 0.370. The zero-order chi connectivity index (χ0) is 27.1. The van der Waals surface area contributed by atoms with Crippen molar-refractivity contribution in [2.24, 2.45) is 10.7 Å². The highest BCUT2D eigenvalue weighted by Crippen LogP contribution is 2.29. The molecule has 200 valence electrons. The number of pyridine rings is 1. The number of nitrogens with zero attached hydrogens (tertiary/aromatic N) is 5. The van der Waals surface area contributed by atoms with Crippen molar-refractivity contribution in [3.63, 3.8) is 0 Å². The van der Waals surface area contributed by atoms with Crippen molar-refractivity contribution in [2.45, 2.75) is 12.0 Å². The minimum Gasteiger partial charge on any atom is -0.404 e. The summed E-state index contributed by atoms with van der Waals surface area (Å²) < 4.78 is 36.1. The van der Waals surface area contributed by atoms with Crippen molar-refractivity contribution in [3.05, 3.63) is 77.9 Å². The van der Waals surface area contributed by atoms with Crippen molar-refractivity contribution >= 4 is 23.6 Å². The Balaban J connectivity index is 1.61. The topological polar surface area (TPSA) is 123 Å². The summed E-state index contributed by atoms with van der Waals surface area (Å²) in [6, 6.07) is 9.22. The molecule has 1 fully saturated rings. The molecule has 2 amide bonds. The zero-order valence-electron chi connectivity index (χ0n) is 21.1. The van der Waals surface area contributed by atoms with Crippen LogP contribution >= 0.6 is 0 Å². The Morgan fingerprint density at radius 1 is 1.26 bits per heavy atom. The number of nitrogens with two attached hydrogens (primary N) is 1. The predicted molar refractivity (Wildman–Crippen MR) is 141 cm³/mol. The second-order valence-electron chi connectivity index (χ2n) is 8.77. The van der Waals surface area contributed by atoms with Crippen LogP contribution in [0.1, 0.15) is 17.2 Å². The molecule has 4 N–H and O–H groups in total. The first-order valence-electron chi connectivity index (χ1n) is 12.0. The molecule has 1 aliphatic rings. The van der Waals surface area contributed by atoms with E-state index in [9.17, 15) is 9.18 Å². The van der Waals surface area contributed by atoms with Crippen molar-refractivity contribution in [3.8, 4) is 5.69 Å². The number of nitrogens with one attached hydrogen (secondary N) is 2. The van der Waals surface area contributed by atoms with E-state index in [0.29, 0.717) is 37.5 Å². The molecule has 0 saturated carbocycles. The maximum atomic E-state index is 15.6. The van der Waals surface area contributed by atoms with Crippen LogP contribution in [-0.4, -0.2) is 78.4 Å². The van der Waals surface area contributed by atoms with Crippen LogP contribution in [0.4, 0.5) is 19.4 Å². The monoisotopic (exact) mass is 524 g/mol. The number of likely N-dealkylation sites (tertiary alicyclic amines) is 1. The van der Waals surface area contributed by atoms with Crippen LogP contribution in [0.5, 0.6) is 0 Å². The van der Waals surface area contributed by atoms with Crippen LogP contribution < -0.4 is 16.4 Å². The van der Waals surface area contributed by atoms with E-state index in [1.54, 1.807) is 37.6 Å². The number of ether oxygens (including phenoxy) is 1. The predicted octanol–water partition coefficient (Wildman–Crippen LogP) is 2.78. The summed E-state index contributed by atoms with van der Waals surface area (Å²) in [4.78, 5) is 23.2. The number of para-hydroxylation sites is 1. The van der Waals surface area contributed by atoms with Gasteiger partial charge >= 0.3 is 6.03 Å². The standard InChI is InChI=1S/C26H30F2N8O2/c1-30-12-18(11-29)24-23(28)25(36(34-24)20-6-4-3-5-7-20)33-26(37)32-22-16-35(8-9-38-2)15-21(22)17-10-19(27)14-31-13-17/h3-7,10-14,21-22H,8-9,15-16,29H2,1-2H3,(H2,32,33,37)/t21-,22+/m0/s1. The van der Waals surface area contributed by atoms with Gasteiger partial charge in [-0.1, -0.05) is 18.2 Å². The minimum atomic E-state index is -0.764. The fourth-order valence-corrected chi connectivity index (χ4v) is 4.48. The molecule has 3 heterocycles. The van der Waals surface area contributed by atoms with Crippen LogP contribution in [0.15, 0.2) is 60.0 Å². The highest BCUT2D eigenvalue weighted by atomic mass is 19.1. The van der Waals surface area contributed by atoms with E-state index in [1.807, 2.05) is 6.07 Å². The molecule has 0 radical (unpaired) electrons. The number of carbonyl (C=O) groups is 1. The van der Waals surface area contributed by atoms with E-state index in [-0.39, 0.29) is 23.0 Å². The number of methoxy groups -OCH3 is 1. The molecule has 0 bridgehead atoms. The second-order valence-corrected chi connectivity index (χ2v) is 8.77. The third-order valence-corrected chi connectivity index (χ3v) is 6.26. The molecule has 2 aromatic heterocycles. The number of hydrogen-bond acceptors (Lipinski definition) is 7. The molecule has 1 saturated heterocycles. The molecule has 0 unspecified atom stereocenters. The number of benzene rings is 1. The summed E-state index contributed by atoms with van der Waals surface area (Å²) in [6.45, 7) is 2.22. The van der Waals surface area contributed by atoms with E-state index in [0.717, 1.165) is 6.20 Å². The second kappa shape index (κ2) is 12.4. The summed E-state index contributed by atoms with van der Waals surface area (Å²) in [6.07, 6.45) is 5.30. The summed E-state index contributed by atoms with van der Waals surface area (Å²) in [5, 5.41) is 9.91. The van der Waals surface area contributed by atoms with Gasteiger partial charge in [-0.3, -0.25) is 20.2 Å². The van der Waals surface area contributed by atoms with E-state index in [1.165, 1.54) is 30.2 Å². The van der Waals surface area contributed by atoms with Gasteiger partial charge in [-0.2, -0.15) is 5.10 Å². The lowest BCUT2D eigenvalue weighted by Crippen LogP contribution is -2.42. The van der Waals surface area contributed by atoms with Gasteiger partial charge in [0, 0.05) is 63.9 Å². The number of urea groups is 1. The lowest BCUT2D eigenvalue weighted by molar-refractivity contribution is 0.159. The summed E-state index contributed by atoms with van der Waals surface area (Å²) in [5.41, 5.74) is 7.07. The molecular formula is C26H30F2N8O2. The van der Waals surface area contributed by atoms with Crippen LogP contribution in [-0.2, 0) is 4.74 Å². The van der Waals surface area contributed by atoms with E-state index >= 15 is 4.39 Å². The SMILES string of the molecule is CN=CC(=CN)c1nn(-c2ccccc2)c(NC(=O)N[C@@H]2CN(CCOC)C[C@H]2c2cncc(F)c2)c1F. The van der Waals surface area contributed by atoms with Crippen LogP contribution in [0.2, 0.25) is 0 Å². The molecule has 3 aromatic rings. The summed E-state index contributed by atoms with van der Waals surface area (Å²) >= 11 is 0. The molecule has 4 rings (SSSR count). The molecular weight excluding hydrogens is 494 g/mol. The third kappa shape index (κ3) is 6.03.